The number of oxime groups is 1. The van der Waals surface area contributed by atoms with Crippen molar-refractivity contribution in [3.8, 4) is 0 Å². The number of nitrogens with two attached hydrogens (primary N) is 1. The van der Waals surface area contributed by atoms with Crippen LogP contribution in [-0.2, 0) is 0 Å². The predicted molar refractivity (Wildman–Crippen MR) is 73.6 cm³/mol. The van der Waals surface area contributed by atoms with Crippen LogP contribution in [-0.4, -0.2) is 27.6 Å². The van der Waals surface area contributed by atoms with Gasteiger partial charge < -0.3 is 15.8 Å². The third-order valence-electron chi connectivity index (χ3n) is 2.72. The molecule has 0 aliphatic rings. The maximum absolute atomic E-state index is 13.3. The summed E-state index contributed by atoms with van der Waals surface area (Å²) in [5.74, 6) is 0.118. The number of rotatable bonds is 4. The highest BCUT2D eigenvalue weighted by atomic mass is 19.1. The molecule has 0 aliphatic carbocycles. The van der Waals surface area contributed by atoms with Crippen LogP contribution in [0.15, 0.2) is 41.8 Å². The first-order chi connectivity index (χ1) is 9.65. The maximum Gasteiger partial charge on any atom is 0.190 e. The first-order valence-electron chi connectivity index (χ1n) is 5.98. The molecule has 0 saturated carbocycles. The standard InChI is InChI=1S/C13H14FN5O/c1-2-19(10-5-3-4-9(14)6-10)12-8-16-11(7-17-12)13(15)18-20/h3-8,20H,2H2,1H3,(H2,15,18). The summed E-state index contributed by atoms with van der Waals surface area (Å²) in [4.78, 5) is 10.0. The Morgan fingerprint density at radius 3 is 2.75 bits per heavy atom. The van der Waals surface area contributed by atoms with E-state index in [1.165, 1.54) is 24.5 Å². The fraction of sp³-hybridized carbons (Fsp3) is 0.154. The van der Waals surface area contributed by atoms with Crippen molar-refractivity contribution in [1.29, 1.82) is 0 Å². The largest absolute Gasteiger partial charge is 0.409 e. The van der Waals surface area contributed by atoms with E-state index in [1.54, 1.807) is 17.0 Å². The molecule has 7 heteroatoms. The molecule has 104 valence electrons. The average molecular weight is 275 g/mol. The van der Waals surface area contributed by atoms with E-state index >= 15 is 0 Å². The molecule has 0 fully saturated rings. The summed E-state index contributed by atoms with van der Waals surface area (Å²) < 4.78 is 13.3. The molecule has 0 unspecified atom stereocenters. The van der Waals surface area contributed by atoms with Crippen molar-refractivity contribution < 1.29 is 9.60 Å². The van der Waals surface area contributed by atoms with Gasteiger partial charge in [0.05, 0.1) is 12.4 Å². The zero-order valence-corrected chi connectivity index (χ0v) is 10.9. The van der Waals surface area contributed by atoms with Gasteiger partial charge in [0.1, 0.15) is 11.5 Å². The first kappa shape index (κ1) is 13.7. The number of benzene rings is 1. The second-order valence-electron chi connectivity index (χ2n) is 3.97. The predicted octanol–water partition coefficient (Wildman–Crippen LogP) is 1.87. The van der Waals surface area contributed by atoms with Gasteiger partial charge in [-0.2, -0.15) is 0 Å². The fourth-order valence-corrected chi connectivity index (χ4v) is 1.76. The van der Waals surface area contributed by atoms with E-state index < -0.39 is 0 Å². The second kappa shape index (κ2) is 5.96. The molecule has 0 radical (unpaired) electrons. The first-order valence-corrected chi connectivity index (χ1v) is 5.98. The van der Waals surface area contributed by atoms with E-state index in [0.29, 0.717) is 18.1 Å². The van der Waals surface area contributed by atoms with Crippen LogP contribution in [0, 0.1) is 5.82 Å². The van der Waals surface area contributed by atoms with Gasteiger partial charge in [-0.15, -0.1) is 0 Å². The highest BCUT2D eigenvalue weighted by Crippen LogP contribution is 2.23. The number of aromatic nitrogens is 2. The molecule has 1 aromatic heterocycles. The summed E-state index contributed by atoms with van der Waals surface area (Å²) in [6.45, 7) is 2.52. The van der Waals surface area contributed by atoms with Crippen LogP contribution in [0.3, 0.4) is 0 Å². The van der Waals surface area contributed by atoms with Gasteiger partial charge in [0.2, 0.25) is 0 Å². The Labute approximate surface area is 115 Å². The zero-order chi connectivity index (χ0) is 14.5. The van der Waals surface area contributed by atoms with Crippen molar-refractivity contribution in [3.05, 3.63) is 48.2 Å². The van der Waals surface area contributed by atoms with E-state index in [4.69, 9.17) is 10.9 Å². The van der Waals surface area contributed by atoms with Gasteiger partial charge in [-0.1, -0.05) is 11.2 Å². The smallest absolute Gasteiger partial charge is 0.190 e. The van der Waals surface area contributed by atoms with Gasteiger partial charge in [-0.05, 0) is 25.1 Å². The van der Waals surface area contributed by atoms with Gasteiger partial charge >= 0.3 is 0 Å². The number of hydrogen-bond acceptors (Lipinski definition) is 5. The normalized spacial score (nSPS) is 11.4. The molecular weight excluding hydrogens is 261 g/mol. The number of amidine groups is 1. The lowest BCUT2D eigenvalue weighted by atomic mass is 10.2. The molecule has 2 aromatic rings. The van der Waals surface area contributed by atoms with Crippen LogP contribution in [0.5, 0.6) is 0 Å². The summed E-state index contributed by atoms with van der Waals surface area (Å²) >= 11 is 0. The molecule has 1 aromatic carbocycles. The van der Waals surface area contributed by atoms with E-state index in [0.717, 1.165) is 0 Å². The Balaban J connectivity index is 2.33. The third-order valence-corrected chi connectivity index (χ3v) is 2.72. The topological polar surface area (TPSA) is 87.6 Å². The molecule has 20 heavy (non-hydrogen) atoms. The minimum absolute atomic E-state index is 0.113. The van der Waals surface area contributed by atoms with E-state index in [-0.39, 0.29) is 17.3 Å². The van der Waals surface area contributed by atoms with E-state index in [9.17, 15) is 4.39 Å². The minimum atomic E-state index is -0.317. The van der Waals surface area contributed by atoms with Gasteiger partial charge in [0.15, 0.2) is 11.7 Å². The Kier molecular flexibility index (Phi) is 4.09. The Morgan fingerprint density at radius 1 is 1.40 bits per heavy atom. The summed E-state index contributed by atoms with van der Waals surface area (Å²) in [6.07, 6.45) is 2.88. The van der Waals surface area contributed by atoms with Gasteiger partial charge in [0.25, 0.3) is 0 Å². The number of nitrogens with zero attached hydrogens (tertiary/aromatic N) is 4. The van der Waals surface area contributed by atoms with Crippen molar-refractivity contribution in [3.63, 3.8) is 0 Å². The van der Waals surface area contributed by atoms with Crippen molar-refractivity contribution in [1.82, 2.24) is 9.97 Å². The van der Waals surface area contributed by atoms with Crippen molar-refractivity contribution >= 4 is 17.3 Å². The number of hydrogen-bond donors (Lipinski definition) is 2. The number of anilines is 2. The lowest BCUT2D eigenvalue weighted by Crippen LogP contribution is -2.20. The Bertz CT molecular complexity index is 614. The highest BCUT2D eigenvalue weighted by Gasteiger charge is 2.11. The van der Waals surface area contributed by atoms with Crippen molar-refractivity contribution in [2.45, 2.75) is 6.92 Å². The maximum atomic E-state index is 13.3. The second-order valence-corrected chi connectivity index (χ2v) is 3.97. The van der Waals surface area contributed by atoms with Crippen LogP contribution in [0.25, 0.3) is 0 Å². The molecule has 1 heterocycles. The SMILES string of the molecule is CCN(c1cccc(F)c1)c1cnc(C(N)=NO)cn1. The monoisotopic (exact) mass is 275 g/mol. The fourth-order valence-electron chi connectivity index (χ4n) is 1.76. The lowest BCUT2D eigenvalue weighted by Gasteiger charge is -2.21. The molecular formula is C13H14FN5O. The molecule has 0 atom stereocenters. The summed E-state index contributed by atoms with van der Waals surface area (Å²) in [5, 5.41) is 11.4. The van der Waals surface area contributed by atoms with Crippen molar-refractivity contribution in [2.75, 3.05) is 11.4 Å². The molecule has 3 N–H and O–H groups in total. The Morgan fingerprint density at radius 2 is 2.20 bits per heavy atom. The van der Waals surface area contributed by atoms with Crippen LogP contribution in [0.2, 0.25) is 0 Å². The van der Waals surface area contributed by atoms with E-state index in [1.807, 2.05) is 6.92 Å². The summed E-state index contributed by atoms with van der Waals surface area (Å²) in [6, 6.07) is 6.21. The Hall–Kier alpha value is -2.70. The quantitative estimate of drug-likeness (QED) is 0.385. The summed E-state index contributed by atoms with van der Waals surface area (Å²) in [7, 11) is 0. The molecule has 0 saturated heterocycles. The van der Waals surface area contributed by atoms with Gasteiger partial charge in [0, 0.05) is 12.2 Å². The average Bonchev–Trinajstić information content (AvgIpc) is 2.48. The number of halogens is 1. The lowest BCUT2D eigenvalue weighted by molar-refractivity contribution is 0.318. The van der Waals surface area contributed by atoms with Crippen LogP contribution in [0.4, 0.5) is 15.9 Å². The zero-order valence-electron chi connectivity index (χ0n) is 10.9. The molecule has 0 amide bonds. The third kappa shape index (κ3) is 2.82. The molecule has 2 rings (SSSR count). The van der Waals surface area contributed by atoms with Crippen LogP contribution in [0.1, 0.15) is 12.6 Å². The van der Waals surface area contributed by atoms with E-state index in [2.05, 4.69) is 15.1 Å². The summed E-state index contributed by atoms with van der Waals surface area (Å²) in [5.41, 5.74) is 6.37. The molecule has 0 aliphatic heterocycles. The highest BCUT2D eigenvalue weighted by molar-refractivity contribution is 5.94. The molecule has 0 spiro atoms. The van der Waals surface area contributed by atoms with Gasteiger partial charge in [-0.3, -0.25) is 0 Å². The van der Waals surface area contributed by atoms with Gasteiger partial charge in [-0.25, -0.2) is 14.4 Å². The van der Waals surface area contributed by atoms with Crippen LogP contribution < -0.4 is 10.6 Å². The minimum Gasteiger partial charge on any atom is -0.409 e. The van der Waals surface area contributed by atoms with Crippen molar-refractivity contribution in [2.24, 2.45) is 10.9 Å². The molecule has 0 bridgehead atoms. The van der Waals surface area contributed by atoms with Crippen LogP contribution >= 0.6 is 0 Å². The molecule has 6 nitrogen and oxygen atoms in total.